The van der Waals surface area contributed by atoms with Crippen molar-refractivity contribution in [1.82, 2.24) is 24.8 Å². The van der Waals surface area contributed by atoms with Crippen molar-refractivity contribution in [3.05, 3.63) is 41.2 Å². The summed E-state index contributed by atoms with van der Waals surface area (Å²) in [5.41, 5.74) is 2.31. The molecule has 0 amide bonds. The molecule has 1 saturated heterocycles. The molecule has 3 rings (SSSR count). The van der Waals surface area contributed by atoms with Gasteiger partial charge in [0.2, 0.25) is 0 Å². The van der Waals surface area contributed by atoms with Crippen LogP contribution in [0, 0.1) is 0 Å². The van der Waals surface area contributed by atoms with Gasteiger partial charge in [-0.3, -0.25) is 9.88 Å². The van der Waals surface area contributed by atoms with Crippen LogP contribution in [-0.2, 0) is 6.54 Å². The maximum absolute atomic E-state index is 4.21. The van der Waals surface area contributed by atoms with Gasteiger partial charge in [0.15, 0.2) is 0 Å². The molecule has 1 aliphatic heterocycles. The molecule has 1 aliphatic rings. The Balaban J connectivity index is 0.00000133. The molecule has 5 nitrogen and oxygen atoms in total. The Labute approximate surface area is 122 Å². The summed E-state index contributed by atoms with van der Waals surface area (Å²) < 4.78 is 3.92. The summed E-state index contributed by atoms with van der Waals surface area (Å²) in [5, 5.41) is 9.59. The third-order valence-corrected chi connectivity index (χ3v) is 3.75. The summed E-state index contributed by atoms with van der Waals surface area (Å²) in [5.74, 6) is 0. The van der Waals surface area contributed by atoms with Gasteiger partial charge in [-0.2, -0.15) is 0 Å². The molecule has 0 saturated carbocycles. The van der Waals surface area contributed by atoms with E-state index in [0.717, 1.165) is 31.9 Å². The first-order valence-corrected chi connectivity index (χ1v) is 6.88. The number of piperazine rings is 1. The fourth-order valence-corrected chi connectivity index (χ4v) is 2.74. The SMILES string of the molecule is Cl.c1cncc(C2CNCCN2Cc2csnn2)c1. The van der Waals surface area contributed by atoms with Crippen LogP contribution in [0.4, 0.5) is 0 Å². The average Bonchev–Trinajstić information content (AvgIpc) is 2.93. The summed E-state index contributed by atoms with van der Waals surface area (Å²) >= 11 is 1.41. The van der Waals surface area contributed by atoms with E-state index in [4.69, 9.17) is 0 Å². The molecular weight excluding hydrogens is 282 g/mol. The summed E-state index contributed by atoms with van der Waals surface area (Å²) in [7, 11) is 0. The van der Waals surface area contributed by atoms with Crippen LogP contribution in [0.1, 0.15) is 17.3 Å². The van der Waals surface area contributed by atoms with Crippen molar-refractivity contribution in [1.29, 1.82) is 0 Å². The highest BCUT2D eigenvalue weighted by Crippen LogP contribution is 2.23. The highest BCUT2D eigenvalue weighted by Gasteiger charge is 2.24. The average molecular weight is 298 g/mol. The molecule has 0 aromatic carbocycles. The highest BCUT2D eigenvalue weighted by atomic mass is 35.5. The van der Waals surface area contributed by atoms with Crippen LogP contribution in [-0.4, -0.2) is 39.1 Å². The lowest BCUT2D eigenvalue weighted by atomic mass is 10.1. The molecule has 3 heterocycles. The fraction of sp³-hybridized carbons (Fsp3) is 0.417. The van der Waals surface area contributed by atoms with Crippen molar-refractivity contribution in [2.24, 2.45) is 0 Å². The van der Waals surface area contributed by atoms with Crippen LogP contribution in [0.3, 0.4) is 0 Å². The van der Waals surface area contributed by atoms with Crippen LogP contribution in [0.25, 0.3) is 0 Å². The second-order valence-corrected chi connectivity index (χ2v) is 4.98. The first-order valence-electron chi connectivity index (χ1n) is 6.04. The zero-order chi connectivity index (χ0) is 12.2. The summed E-state index contributed by atoms with van der Waals surface area (Å²) in [4.78, 5) is 6.65. The monoisotopic (exact) mass is 297 g/mol. The third-order valence-electron chi connectivity index (χ3n) is 3.19. The summed E-state index contributed by atoms with van der Waals surface area (Å²) in [6.45, 7) is 3.87. The minimum Gasteiger partial charge on any atom is -0.314 e. The normalized spacial score (nSPS) is 19.9. The van der Waals surface area contributed by atoms with Gasteiger partial charge >= 0.3 is 0 Å². The molecule has 1 fully saturated rings. The topological polar surface area (TPSA) is 53.9 Å². The molecule has 19 heavy (non-hydrogen) atoms. The minimum atomic E-state index is 0. The van der Waals surface area contributed by atoms with Gasteiger partial charge in [0.1, 0.15) is 0 Å². The van der Waals surface area contributed by atoms with Crippen molar-refractivity contribution in [2.45, 2.75) is 12.6 Å². The maximum atomic E-state index is 4.21. The largest absolute Gasteiger partial charge is 0.314 e. The van der Waals surface area contributed by atoms with Gasteiger partial charge in [-0.15, -0.1) is 17.5 Å². The highest BCUT2D eigenvalue weighted by molar-refractivity contribution is 7.03. The molecule has 2 aromatic heterocycles. The van der Waals surface area contributed by atoms with Crippen LogP contribution in [0.15, 0.2) is 29.9 Å². The van der Waals surface area contributed by atoms with Crippen molar-refractivity contribution < 1.29 is 0 Å². The number of halogens is 1. The molecule has 1 unspecified atom stereocenters. The van der Waals surface area contributed by atoms with Gasteiger partial charge in [-0.25, -0.2) is 0 Å². The molecular formula is C12H16ClN5S. The maximum Gasteiger partial charge on any atom is 0.0895 e. The van der Waals surface area contributed by atoms with Gasteiger partial charge in [0.25, 0.3) is 0 Å². The molecule has 2 aromatic rings. The van der Waals surface area contributed by atoms with Gasteiger partial charge < -0.3 is 5.32 Å². The second kappa shape index (κ2) is 6.91. The molecule has 0 spiro atoms. The van der Waals surface area contributed by atoms with Crippen LogP contribution < -0.4 is 5.32 Å². The van der Waals surface area contributed by atoms with E-state index in [1.165, 1.54) is 17.1 Å². The van der Waals surface area contributed by atoms with E-state index in [1.54, 1.807) is 0 Å². The van der Waals surface area contributed by atoms with Crippen molar-refractivity contribution in [3.8, 4) is 0 Å². The molecule has 1 N–H and O–H groups in total. The van der Waals surface area contributed by atoms with Crippen molar-refractivity contribution >= 4 is 23.9 Å². The Kier molecular flexibility index (Phi) is 5.21. The second-order valence-electron chi connectivity index (χ2n) is 4.37. The number of pyridine rings is 1. The quantitative estimate of drug-likeness (QED) is 0.930. The molecule has 0 bridgehead atoms. The first kappa shape index (κ1) is 14.3. The van der Waals surface area contributed by atoms with E-state index < -0.39 is 0 Å². The van der Waals surface area contributed by atoms with E-state index in [1.807, 2.05) is 23.8 Å². The van der Waals surface area contributed by atoms with E-state index >= 15 is 0 Å². The number of rotatable bonds is 3. The lowest BCUT2D eigenvalue weighted by molar-refractivity contribution is 0.151. The summed E-state index contributed by atoms with van der Waals surface area (Å²) in [6, 6.07) is 4.50. The van der Waals surface area contributed by atoms with E-state index in [9.17, 15) is 0 Å². The van der Waals surface area contributed by atoms with Crippen molar-refractivity contribution in [2.75, 3.05) is 19.6 Å². The lowest BCUT2D eigenvalue weighted by Crippen LogP contribution is -2.45. The molecule has 0 radical (unpaired) electrons. The van der Waals surface area contributed by atoms with Gasteiger partial charge in [-0.1, -0.05) is 10.6 Å². The van der Waals surface area contributed by atoms with Gasteiger partial charge in [-0.05, 0) is 23.2 Å². The number of nitrogens with one attached hydrogen (secondary N) is 1. The number of hydrogen-bond donors (Lipinski definition) is 1. The van der Waals surface area contributed by atoms with E-state index in [0.29, 0.717) is 6.04 Å². The molecule has 102 valence electrons. The zero-order valence-corrected chi connectivity index (χ0v) is 12.0. The Morgan fingerprint density at radius 1 is 1.47 bits per heavy atom. The first-order chi connectivity index (χ1) is 8.93. The van der Waals surface area contributed by atoms with Crippen molar-refractivity contribution in [3.63, 3.8) is 0 Å². The minimum absolute atomic E-state index is 0. The Bertz CT molecular complexity index is 478. The molecule has 1 atom stereocenters. The van der Waals surface area contributed by atoms with E-state index in [2.05, 4.69) is 30.9 Å². The third kappa shape index (κ3) is 3.48. The van der Waals surface area contributed by atoms with E-state index in [-0.39, 0.29) is 12.4 Å². The van der Waals surface area contributed by atoms with Crippen LogP contribution in [0.5, 0.6) is 0 Å². The standard InChI is InChI=1S/C12H15N5S.ClH/c1-2-10(6-13-3-1)12-7-14-4-5-17(12)8-11-9-18-16-15-11;/h1-3,6,9,12,14H,4-5,7-8H2;1H. The predicted molar refractivity (Wildman–Crippen MR) is 77.4 cm³/mol. The van der Waals surface area contributed by atoms with Gasteiger partial charge in [0.05, 0.1) is 5.69 Å². The van der Waals surface area contributed by atoms with Gasteiger partial charge in [0, 0.05) is 50.0 Å². The zero-order valence-electron chi connectivity index (χ0n) is 10.4. The fourth-order valence-electron chi connectivity index (χ4n) is 2.30. The molecule has 0 aliphatic carbocycles. The predicted octanol–water partition coefficient (Wildman–Crippen LogP) is 1.50. The van der Waals surface area contributed by atoms with Crippen LogP contribution >= 0.6 is 23.9 Å². The lowest BCUT2D eigenvalue weighted by Gasteiger charge is -2.35. The Morgan fingerprint density at radius 3 is 3.16 bits per heavy atom. The number of nitrogens with zero attached hydrogens (tertiary/aromatic N) is 4. The molecule has 7 heteroatoms. The smallest absolute Gasteiger partial charge is 0.0895 e. The Hall–Kier alpha value is -1.08. The van der Waals surface area contributed by atoms with Crippen LogP contribution in [0.2, 0.25) is 0 Å². The number of aromatic nitrogens is 3. The number of hydrogen-bond acceptors (Lipinski definition) is 6. The Morgan fingerprint density at radius 2 is 2.42 bits per heavy atom. The summed E-state index contributed by atoms with van der Waals surface area (Å²) in [6.07, 6.45) is 3.76.